The van der Waals surface area contributed by atoms with Gasteiger partial charge in [-0.25, -0.2) is 34.9 Å². The zero-order valence-electron chi connectivity index (χ0n) is 33.4. The van der Waals surface area contributed by atoms with Crippen LogP contribution in [0.4, 0.5) is 11.9 Å². The number of ether oxygens (including phenoxy) is 3. The molecule has 344 valence electrons. The molecule has 0 spiro atoms. The van der Waals surface area contributed by atoms with E-state index in [1.807, 2.05) is 12.5 Å². The molecule has 0 aromatic carbocycles. The molecule has 12 atom stereocenters. The largest absolute Gasteiger partial charge is 0.394 e. The van der Waals surface area contributed by atoms with Crippen LogP contribution in [0.1, 0.15) is 18.7 Å². The number of imidazole rings is 4. The van der Waals surface area contributed by atoms with E-state index in [0.717, 1.165) is 0 Å². The van der Waals surface area contributed by atoms with Gasteiger partial charge < -0.3 is 76.6 Å². The van der Waals surface area contributed by atoms with Crippen LogP contribution in [0, 0.1) is 4.64 Å². The molecule has 0 aliphatic carbocycles. The van der Waals surface area contributed by atoms with Gasteiger partial charge in [-0.1, -0.05) is 12.2 Å². The van der Waals surface area contributed by atoms with E-state index < -0.39 is 86.8 Å². The van der Waals surface area contributed by atoms with Crippen LogP contribution >= 0.6 is 35.7 Å². The maximum atomic E-state index is 10.3. The number of nitrogen functional groups attached to an aromatic ring is 2. The predicted octanol–water partition coefficient (Wildman–Crippen LogP) is -3.16. The summed E-state index contributed by atoms with van der Waals surface area (Å²) in [5.74, 6) is 0.701. The molecule has 0 radical (unpaired) electrons. The van der Waals surface area contributed by atoms with E-state index in [2.05, 4.69) is 44.9 Å². The standard InChI is InChI=1S/C13H15N5O4S.C11H15N5O4S.C10H13N5O4S/c1-23-10-7-11(17-3-2-14-13(17)16-10)18(5-15-7)12-9(21)8(20)6(4-19)22-12;1-21-9-5-8(14-11(12)15-9)16(3-13-5)10-7(19)6(18)4(2-17)20-10;11-10-13-7-4(8(20)14-10)12-2-15(7)9-6(18)5(17)3(1-16)19-9/h2-3,5-6,8-9,12,19-21H,4H2,1H3;3-4,6-7,10,17-19H,2H2,1H3,(H2,12,14,15);2-3,5-6,9,16-18H,1H2,(H3,11,13,14,20). The molecular weight excluding hydrogens is 907 g/mol. The van der Waals surface area contributed by atoms with E-state index >= 15 is 0 Å². The highest BCUT2D eigenvalue weighted by Crippen LogP contribution is 2.36. The normalized spacial score (nSPS) is 29.2. The second-order valence-electron chi connectivity index (χ2n) is 14.4. The summed E-state index contributed by atoms with van der Waals surface area (Å²) < 4.78 is 23.0. The van der Waals surface area contributed by atoms with Crippen molar-refractivity contribution in [1.29, 1.82) is 0 Å². The van der Waals surface area contributed by atoms with Crippen LogP contribution in [0.15, 0.2) is 41.4 Å². The Labute approximate surface area is 372 Å². The average molecular weight is 950 g/mol. The highest BCUT2D eigenvalue weighted by molar-refractivity contribution is 7.99. The van der Waals surface area contributed by atoms with Crippen LogP contribution in [0.2, 0.25) is 0 Å². The van der Waals surface area contributed by atoms with Crippen molar-refractivity contribution in [2.24, 2.45) is 0 Å². The Morgan fingerprint density at radius 1 is 0.641 bits per heavy atom. The summed E-state index contributed by atoms with van der Waals surface area (Å²) in [6.07, 6.45) is -0.853. The quantitative estimate of drug-likeness (QED) is 0.0406. The van der Waals surface area contributed by atoms with Crippen molar-refractivity contribution in [3.63, 3.8) is 0 Å². The summed E-state index contributed by atoms with van der Waals surface area (Å²) in [7, 11) is 0. The monoisotopic (exact) mass is 949 g/mol. The molecule has 10 rings (SSSR count). The molecule has 7 aromatic heterocycles. The third kappa shape index (κ3) is 8.02. The molecule has 10 heterocycles. The summed E-state index contributed by atoms with van der Waals surface area (Å²) in [5, 5.41) is 88.7. The van der Waals surface area contributed by atoms with Crippen molar-refractivity contribution in [3.05, 3.63) is 36.0 Å². The number of aliphatic hydroxyl groups excluding tert-OH is 9. The van der Waals surface area contributed by atoms with Crippen LogP contribution in [0.25, 0.3) is 39.3 Å². The molecule has 3 saturated heterocycles. The van der Waals surface area contributed by atoms with Crippen molar-refractivity contribution in [2.75, 3.05) is 43.8 Å². The Hall–Kier alpha value is -4.77. The molecule has 0 saturated carbocycles. The first-order valence-corrected chi connectivity index (χ1v) is 22.0. The molecule has 64 heavy (non-hydrogen) atoms. The highest BCUT2D eigenvalue weighted by atomic mass is 32.2. The van der Waals surface area contributed by atoms with Gasteiger partial charge in [-0.2, -0.15) is 4.98 Å². The zero-order valence-corrected chi connectivity index (χ0v) is 35.9. The minimum absolute atomic E-state index is 0.0837. The molecular formula is C34H43N15O12S3. The lowest BCUT2D eigenvalue weighted by atomic mass is 10.1. The summed E-state index contributed by atoms with van der Waals surface area (Å²) >= 11 is 7.87. The van der Waals surface area contributed by atoms with Gasteiger partial charge in [-0.15, -0.1) is 23.5 Å². The summed E-state index contributed by atoms with van der Waals surface area (Å²) in [6, 6.07) is 0. The van der Waals surface area contributed by atoms with E-state index in [1.54, 1.807) is 21.4 Å². The summed E-state index contributed by atoms with van der Waals surface area (Å²) in [5.41, 5.74) is 14.4. The maximum absolute atomic E-state index is 10.3. The minimum Gasteiger partial charge on any atom is -0.394 e. The molecule has 3 aliphatic rings. The Bertz CT molecular complexity index is 2820. The first kappa shape index (κ1) is 45.8. The number of hydrogen-bond donors (Lipinski definition) is 12. The van der Waals surface area contributed by atoms with Gasteiger partial charge in [0, 0.05) is 12.4 Å². The minimum atomic E-state index is -1.21. The molecule has 0 amide bonds. The zero-order chi connectivity index (χ0) is 45.7. The maximum Gasteiger partial charge on any atom is 0.236 e. The number of hydrogen-bond acceptors (Lipinski definition) is 25. The second kappa shape index (κ2) is 18.6. The molecule has 12 unspecified atom stereocenters. The van der Waals surface area contributed by atoms with E-state index in [9.17, 15) is 35.7 Å². The smallest absolute Gasteiger partial charge is 0.236 e. The number of aliphatic hydroxyl groups is 9. The molecule has 14 N–H and O–H groups in total. The number of nitrogens with one attached hydrogen (secondary N) is 1. The molecule has 30 heteroatoms. The van der Waals surface area contributed by atoms with Crippen molar-refractivity contribution >= 4 is 86.9 Å². The molecule has 7 aromatic rings. The highest BCUT2D eigenvalue weighted by Gasteiger charge is 2.46. The van der Waals surface area contributed by atoms with Crippen molar-refractivity contribution in [1.82, 2.24) is 63.0 Å². The summed E-state index contributed by atoms with van der Waals surface area (Å²) in [6.45, 7) is -1.17. The van der Waals surface area contributed by atoms with Gasteiger partial charge in [-0.3, -0.25) is 18.1 Å². The second-order valence-corrected chi connectivity index (χ2v) is 16.4. The molecule has 27 nitrogen and oxygen atoms in total. The van der Waals surface area contributed by atoms with E-state index in [4.69, 9.17) is 48.1 Å². The van der Waals surface area contributed by atoms with Crippen LogP contribution < -0.4 is 11.5 Å². The first-order chi connectivity index (χ1) is 30.7. The van der Waals surface area contributed by atoms with Gasteiger partial charge in [0.05, 0.1) is 38.8 Å². The average Bonchev–Trinajstić information content (AvgIpc) is 4.17. The van der Waals surface area contributed by atoms with Crippen LogP contribution in [0.3, 0.4) is 0 Å². The predicted molar refractivity (Wildman–Crippen MR) is 226 cm³/mol. The van der Waals surface area contributed by atoms with Gasteiger partial charge in [0.2, 0.25) is 11.7 Å². The molecule has 3 aliphatic heterocycles. The fraction of sp³-hybridized carbons (Fsp3) is 0.500. The Balaban J connectivity index is 0.000000132. The van der Waals surface area contributed by atoms with E-state index in [0.29, 0.717) is 49.3 Å². The fourth-order valence-electron chi connectivity index (χ4n) is 7.47. The van der Waals surface area contributed by atoms with Crippen molar-refractivity contribution in [2.45, 2.75) is 83.7 Å². The van der Waals surface area contributed by atoms with Crippen LogP contribution in [-0.4, -0.2) is 196 Å². The lowest BCUT2D eigenvalue weighted by Gasteiger charge is -2.17. The third-order valence-electron chi connectivity index (χ3n) is 10.7. The Morgan fingerprint density at radius 3 is 1.70 bits per heavy atom. The van der Waals surface area contributed by atoms with Crippen LogP contribution in [0.5, 0.6) is 0 Å². The van der Waals surface area contributed by atoms with E-state index in [1.165, 1.54) is 51.6 Å². The number of nitrogens with two attached hydrogens (primary N) is 2. The first-order valence-electron chi connectivity index (χ1n) is 19.1. The van der Waals surface area contributed by atoms with Crippen molar-refractivity contribution < 1.29 is 60.2 Å². The number of nitrogens with zero attached hydrogens (tertiary/aromatic N) is 12. The Morgan fingerprint density at radius 2 is 1.14 bits per heavy atom. The van der Waals surface area contributed by atoms with Gasteiger partial charge in [-0.05, 0) is 12.5 Å². The van der Waals surface area contributed by atoms with Crippen molar-refractivity contribution in [3.8, 4) is 0 Å². The number of H-pyrrole nitrogens is 1. The number of aromatic amines is 1. The Kier molecular flexibility index (Phi) is 13.3. The van der Waals surface area contributed by atoms with Gasteiger partial charge in [0.1, 0.15) is 87.2 Å². The fourth-order valence-corrected chi connectivity index (χ4v) is 8.75. The van der Waals surface area contributed by atoms with Crippen LogP contribution in [-0.2, 0) is 14.2 Å². The number of thioether (sulfide) groups is 2. The lowest BCUT2D eigenvalue weighted by Crippen LogP contribution is -2.33. The van der Waals surface area contributed by atoms with E-state index in [-0.39, 0.29) is 23.1 Å². The van der Waals surface area contributed by atoms with Gasteiger partial charge in [0.15, 0.2) is 40.6 Å². The SMILES string of the molecule is CSc1nc(N)nc2c1ncn2C1OC(CO)C(O)C1O.CSc1nc2nccn2c2c1ncn2C1OC(CO)C(O)C1O.Nc1nc(=S)c2ncn(C3OC(CO)C(O)C3O)c2[nH]1. The van der Waals surface area contributed by atoms with Gasteiger partial charge in [0.25, 0.3) is 0 Å². The number of anilines is 2. The number of aromatic nitrogens is 13. The molecule has 3 fully saturated rings. The number of rotatable bonds is 8. The third-order valence-corrected chi connectivity index (χ3v) is 12.3. The lowest BCUT2D eigenvalue weighted by molar-refractivity contribution is -0.0511. The summed E-state index contributed by atoms with van der Waals surface area (Å²) in [4.78, 5) is 36.2. The topological polar surface area (TPSA) is 400 Å². The number of fused-ring (bicyclic) bond motifs is 5. The van der Waals surface area contributed by atoms with Gasteiger partial charge >= 0.3 is 0 Å². The molecule has 0 bridgehead atoms.